The zero-order chi connectivity index (χ0) is 19.2. The highest BCUT2D eigenvalue weighted by molar-refractivity contribution is 5.96. The zero-order valence-corrected chi connectivity index (χ0v) is 14.9. The number of hydrogen-bond donors (Lipinski definition) is 2. The van der Waals surface area contributed by atoms with Crippen LogP contribution in [0, 0.1) is 0 Å². The molecule has 2 N–H and O–H groups in total. The quantitative estimate of drug-likeness (QED) is 0.603. The maximum atomic E-state index is 11.7. The molecule has 3 amide bonds. The second-order valence-corrected chi connectivity index (χ2v) is 6.21. The van der Waals surface area contributed by atoms with Crippen LogP contribution in [0.15, 0.2) is 42.5 Å². The van der Waals surface area contributed by atoms with Gasteiger partial charge in [-0.1, -0.05) is 18.2 Å². The Morgan fingerprint density at radius 1 is 1.11 bits per heavy atom. The molecule has 7 heteroatoms. The summed E-state index contributed by atoms with van der Waals surface area (Å²) in [4.78, 5) is 34.7. The summed E-state index contributed by atoms with van der Waals surface area (Å²) in [6.45, 7) is -0.515. The zero-order valence-electron chi connectivity index (χ0n) is 14.9. The molecule has 0 atom stereocenters. The van der Waals surface area contributed by atoms with Crippen molar-refractivity contribution in [3.63, 3.8) is 0 Å². The Morgan fingerprint density at radius 2 is 1.85 bits per heavy atom. The number of methoxy groups -OCH3 is 1. The van der Waals surface area contributed by atoms with Crippen molar-refractivity contribution in [1.82, 2.24) is 10.6 Å². The van der Waals surface area contributed by atoms with E-state index in [1.165, 1.54) is 6.08 Å². The molecule has 1 saturated carbocycles. The molecule has 0 aliphatic heterocycles. The number of imide groups is 1. The SMILES string of the molecule is COc1ccc2cc(/C=C/C(=O)OCC(=O)NC(=O)NC3CC3)ccc2c1. The Kier molecular flexibility index (Phi) is 5.71. The van der Waals surface area contributed by atoms with E-state index in [1.54, 1.807) is 13.2 Å². The van der Waals surface area contributed by atoms with Crippen molar-refractivity contribution in [3.05, 3.63) is 48.0 Å². The minimum Gasteiger partial charge on any atom is -0.497 e. The number of carbonyl (C=O) groups excluding carboxylic acids is 3. The third kappa shape index (κ3) is 5.57. The summed E-state index contributed by atoms with van der Waals surface area (Å²) in [5, 5.41) is 6.75. The highest BCUT2D eigenvalue weighted by atomic mass is 16.5. The van der Waals surface area contributed by atoms with Gasteiger partial charge in [0.1, 0.15) is 5.75 Å². The average Bonchev–Trinajstić information content (AvgIpc) is 3.47. The van der Waals surface area contributed by atoms with E-state index < -0.39 is 24.5 Å². The standard InChI is InChI=1S/C20H20N2O5/c1-26-17-8-5-14-10-13(2-4-15(14)11-17)3-9-19(24)27-12-18(23)22-20(25)21-16-6-7-16/h2-5,8-11,16H,6-7,12H2,1H3,(H2,21,22,23,25)/b9-3+. The van der Waals surface area contributed by atoms with Crippen LogP contribution in [0.4, 0.5) is 4.79 Å². The number of hydrogen-bond acceptors (Lipinski definition) is 5. The minimum atomic E-state index is -0.672. The highest BCUT2D eigenvalue weighted by Crippen LogP contribution is 2.22. The Morgan fingerprint density at radius 3 is 2.59 bits per heavy atom. The van der Waals surface area contributed by atoms with Crippen molar-refractivity contribution in [3.8, 4) is 5.75 Å². The van der Waals surface area contributed by atoms with Gasteiger partial charge in [-0.2, -0.15) is 0 Å². The number of esters is 1. The summed E-state index contributed by atoms with van der Waals surface area (Å²) in [5.74, 6) is -0.560. The first kappa shape index (κ1) is 18.4. The molecule has 1 aliphatic rings. The predicted molar refractivity (Wildman–Crippen MR) is 100 cm³/mol. The van der Waals surface area contributed by atoms with Gasteiger partial charge >= 0.3 is 12.0 Å². The molecule has 0 saturated heterocycles. The van der Waals surface area contributed by atoms with Crippen LogP contribution in [0.2, 0.25) is 0 Å². The fraction of sp³-hybridized carbons (Fsp3) is 0.250. The first-order valence-electron chi connectivity index (χ1n) is 8.56. The van der Waals surface area contributed by atoms with Gasteiger partial charge in [-0.05, 0) is 53.5 Å². The van der Waals surface area contributed by atoms with E-state index in [9.17, 15) is 14.4 Å². The molecule has 7 nitrogen and oxygen atoms in total. The fourth-order valence-corrected chi connectivity index (χ4v) is 2.43. The van der Waals surface area contributed by atoms with Crippen LogP contribution in [0.5, 0.6) is 5.75 Å². The fourth-order valence-electron chi connectivity index (χ4n) is 2.43. The number of fused-ring (bicyclic) bond motifs is 1. The molecule has 0 heterocycles. The van der Waals surface area contributed by atoms with E-state index in [4.69, 9.17) is 9.47 Å². The average molecular weight is 368 g/mol. The lowest BCUT2D eigenvalue weighted by Gasteiger charge is -2.05. The first-order chi connectivity index (χ1) is 13.0. The molecule has 2 aromatic rings. The topological polar surface area (TPSA) is 93.7 Å². The van der Waals surface area contributed by atoms with Crippen molar-refractivity contribution < 1.29 is 23.9 Å². The van der Waals surface area contributed by atoms with Gasteiger partial charge in [0.05, 0.1) is 7.11 Å². The molecule has 1 aliphatic carbocycles. The second kappa shape index (κ2) is 8.35. The van der Waals surface area contributed by atoms with Gasteiger partial charge in [0.15, 0.2) is 6.61 Å². The van der Waals surface area contributed by atoms with Crippen molar-refractivity contribution in [2.24, 2.45) is 0 Å². The van der Waals surface area contributed by atoms with Crippen molar-refractivity contribution in [1.29, 1.82) is 0 Å². The number of urea groups is 1. The van der Waals surface area contributed by atoms with E-state index in [0.717, 1.165) is 34.9 Å². The lowest BCUT2D eigenvalue weighted by molar-refractivity contribution is -0.143. The number of ether oxygens (including phenoxy) is 2. The maximum Gasteiger partial charge on any atom is 0.331 e. The normalized spacial score (nSPS) is 13.4. The van der Waals surface area contributed by atoms with Gasteiger partial charge < -0.3 is 14.8 Å². The van der Waals surface area contributed by atoms with E-state index in [2.05, 4.69) is 10.6 Å². The van der Waals surface area contributed by atoms with E-state index in [1.807, 2.05) is 36.4 Å². The van der Waals surface area contributed by atoms with Gasteiger partial charge in [-0.15, -0.1) is 0 Å². The second-order valence-electron chi connectivity index (χ2n) is 6.21. The summed E-state index contributed by atoms with van der Waals surface area (Å²) in [5.41, 5.74) is 0.817. The van der Waals surface area contributed by atoms with Crippen LogP contribution in [0.1, 0.15) is 18.4 Å². The number of nitrogens with one attached hydrogen (secondary N) is 2. The Labute approximate surface area is 156 Å². The Hall–Kier alpha value is -3.35. The van der Waals surface area contributed by atoms with Crippen LogP contribution in [-0.4, -0.2) is 37.7 Å². The predicted octanol–water partition coefficient (Wildman–Crippen LogP) is 2.39. The summed E-state index contributed by atoms with van der Waals surface area (Å²) in [7, 11) is 1.61. The maximum absolute atomic E-state index is 11.7. The molecule has 0 bridgehead atoms. The van der Waals surface area contributed by atoms with Crippen LogP contribution in [0.3, 0.4) is 0 Å². The monoisotopic (exact) mass is 368 g/mol. The molecule has 0 unspecified atom stereocenters. The van der Waals surface area contributed by atoms with Crippen LogP contribution >= 0.6 is 0 Å². The highest BCUT2D eigenvalue weighted by Gasteiger charge is 2.23. The van der Waals surface area contributed by atoms with Gasteiger partial charge in [0, 0.05) is 12.1 Å². The van der Waals surface area contributed by atoms with Gasteiger partial charge in [0.25, 0.3) is 5.91 Å². The summed E-state index contributed by atoms with van der Waals surface area (Å²) >= 11 is 0. The van der Waals surface area contributed by atoms with Crippen LogP contribution in [-0.2, 0) is 14.3 Å². The van der Waals surface area contributed by atoms with Crippen molar-refractivity contribution >= 4 is 34.8 Å². The smallest absolute Gasteiger partial charge is 0.331 e. The lowest BCUT2D eigenvalue weighted by atomic mass is 10.1. The number of carbonyl (C=O) groups is 3. The van der Waals surface area contributed by atoms with Crippen LogP contribution in [0.25, 0.3) is 16.8 Å². The summed E-state index contributed by atoms with van der Waals surface area (Å²) in [6, 6.07) is 11.0. The third-order valence-electron chi connectivity index (χ3n) is 3.99. The van der Waals surface area contributed by atoms with Gasteiger partial charge in [0.2, 0.25) is 0 Å². The van der Waals surface area contributed by atoms with Gasteiger partial charge in [-0.3, -0.25) is 10.1 Å². The molecular formula is C20H20N2O5. The van der Waals surface area contributed by atoms with E-state index in [0.29, 0.717) is 0 Å². The molecule has 27 heavy (non-hydrogen) atoms. The number of benzene rings is 2. The first-order valence-corrected chi connectivity index (χ1v) is 8.56. The summed E-state index contributed by atoms with van der Waals surface area (Å²) < 4.78 is 10.0. The van der Waals surface area contributed by atoms with Crippen molar-refractivity contribution in [2.45, 2.75) is 18.9 Å². The molecule has 1 fully saturated rings. The third-order valence-corrected chi connectivity index (χ3v) is 3.99. The Bertz CT molecular complexity index is 902. The molecule has 0 spiro atoms. The largest absolute Gasteiger partial charge is 0.497 e. The molecular weight excluding hydrogens is 348 g/mol. The van der Waals surface area contributed by atoms with Gasteiger partial charge in [-0.25, -0.2) is 9.59 Å². The molecule has 140 valence electrons. The van der Waals surface area contributed by atoms with Crippen molar-refractivity contribution in [2.75, 3.05) is 13.7 Å². The number of rotatable bonds is 6. The minimum absolute atomic E-state index is 0.145. The molecule has 2 aromatic carbocycles. The van der Waals surface area contributed by atoms with E-state index >= 15 is 0 Å². The lowest BCUT2D eigenvalue weighted by Crippen LogP contribution is -2.42. The molecule has 0 aromatic heterocycles. The number of amides is 3. The molecule has 3 rings (SSSR count). The Balaban J connectivity index is 1.49. The summed E-state index contributed by atoms with van der Waals surface area (Å²) in [6.07, 6.45) is 4.68. The van der Waals surface area contributed by atoms with Crippen LogP contribution < -0.4 is 15.4 Å². The van der Waals surface area contributed by atoms with E-state index in [-0.39, 0.29) is 6.04 Å². The molecule has 0 radical (unpaired) electrons.